The molecule has 3 heterocycles. The lowest BCUT2D eigenvalue weighted by Crippen LogP contribution is -2.05. The highest BCUT2D eigenvalue weighted by molar-refractivity contribution is 7.11. The highest BCUT2D eigenvalue weighted by atomic mass is 32.1. The SMILES string of the molecule is Cc1nc(-c2c(N)nsc2NC(C)c2cn[nH]c2)cs1. The van der Waals surface area contributed by atoms with E-state index in [1.165, 1.54) is 11.5 Å². The summed E-state index contributed by atoms with van der Waals surface area (Å²) in [6.45, 7) is 4.04. The molecule has 0 aliphatic rings. The maximum atomic E-state index is 5.98. The van der Waals surface area contributed by atoms with Crippen molar-refractivity contribution in [3.8, 4) is 11.3 Å². The van der Waals surface area contributed by atoms with E-state index in [2.05, 4.69) is 31.8 Å². The van der Waals surface area contributed by atoms with Gasteiger partial charge in [-0.15, -0.1) is 11.3 Å². The number of nitrogens with one attached hydrogen (secondary N) is 2. The molecule has 0 saturated heterocycles. The van der Waals surface area contributed by atoms with Crippen molar-refractivity contribution in [1.29, 1.82) is 0 Å². The van der Waals surface area contributed by atoms with Crippen molar-refractivity contribution in [2.75, 3.05) is 11.1 Å². The second-order valence-corrected chi connectivity index (χ2v) is 6.26. The molecule has 1 unspecified atom stereocenters. The van der Waals surface area contributed by atoms with Crippen molar-refractivity contribution in [3.05, 3.63) is 28.3 Å². The predicted octanol–water partition coefficient (Wildman–Crippen LogP) is 3.05. The third kappa shape index (κ3) is 2.39. The van der Waals surface area contributed by atoms with Crippen LogP contribution >= 0.6 is 22.9 Å². The average molecular weight is 306 g/mol. The molecule has 8 heteroatoms. The lowest BCUT2D eigenvalue weighted by molar-refractivity contribution is 0.891. The number of aromatic nitrogens is 4. The fraction of sp³-hybridized carbons (Fsp3) is 0.250. The van der Waals surface area contributed by atoms with Gasteiger partial charge < -0.3 is 11.1 Å². The third-order valence-corrected chi connectivity index (χ3v) is 4.53. The number of aryl methyl sites for hydroxylation is 1. The van der Waals surface area contributed by atoms with E-state index in [0.29, 0.717) is 5.82 Å². The van der Waals surface area contributed by atoms with E-state index in [1.807, 2.05) is 18.5 Å². The minimum atomic E-state index is 0.118. The molecule has 20 heavy (non-hydrogen) atoms. The Balaban J connectivity index is 1.91. The Morgan fingerprint density at radius 1 is 1.45 bits per heavy atom. The molecule has 0 amide bonds. The van der Waals surface area contributed by atoms with Crippen molar-refractivity contribution in [3.63, 3.8) is 0 Å². The topological polar surface area (TPSA) is 92.5 Å². The fourth-order valence-corrected chi connectivity index (χ4v) is 3.32. The minimum absolute atomic E-state index is 0.118. The molecule has 4 N–H and O–H groups in total. The molecular formula is C12H14N6S2. The summed E-state index contributed by atoms with van der Waals surface area (Å²) < 4.78 is 4.23. The highest BCUT2D eigenvalue weighted by Crippen LogP contribution is 2.38. The molecule has 0 saturated carbocycles. The van der Waals surface area contributed by atoms with Crippen LogP contribution in [0.3, 0.4) is 0 Å². The average Bonchev–Trinajstić information content (AvgIpc) is 3.11. The molecule has 1 atom stereocenters. The van der Waals surface area contributed by atoms with E-state index in [1.54, 1.807) is 17.5 Å². The van der Waals surface area contributed by atoms with Crippen LogP contribution in [0.1, 0.15) is 23.5 Å². The van der Waals surface area contributed by atoms with Crippen molar-refractivity contribution in [2.45, 2.75) is 19.9 Å². The van der Waals surface area contributed by atoms with Crippen molar-refractivity contribution in [1.82, 2.24) is 19.6 Å². The quantitative estimate of drug-likeness (QED) is 0.689. The van der Waals surface area contributed by atoms with Gasteiger partial charge in [0.2, 0.25) is 0 Å². The molecule has 0 aliphatic carbocycles. The molecule has 3 rings (SSSR count). The highest BCUT2D eigenvalue weighted by Gasteiger charge is 2.18. The zero-order valence-electron chi connectivity index (χ0n) is 11.0. The molecule has 0 bridgehead atoms. The van der Waals surface area contributed by atoms with Crippen LogP contribution in [-0.4, -0.2) is 19.6 Å². The zero-order valence-corrected chi connectivity index (χ0v) is 12.7. The maximum Gasteiger partial charge on any atom is 0.148 e. The van der Waals surface area contributed by atoms with Crippen LogP contribution in [0, 0.1) is 6.92 Å². The molecule has 0 fully saturated rings. The number of thiazole rings is 1. The first kappa shape index (κ1) is 13.1. The van der Waals surface area contributed by atoms with Gasteiger partial charge in [-0.25, -0.2) is 4.98 Å². The molecule has 3 aromatic rings. The van der Waals surface area contributed by atoms with Crippen molar-refractivity contribution >= 4 is 33.7 Å². The number of nitrogens with two attached hydrogens (primary N) is 1. The number of nitrogen functional groups attached to an aromatic ring is 1. The van der Waals surface area contributed by atoms with Crippen LogP contribution in [0.4, 0.5) is 10.8 Å². The monoisotopic (exact) mass is 306 g/mol. The second-order valence-electron chi connectivity index (χ2n) is 4.42. The molecule has 0 radical (unpaired) electrons. The maximum absolute atomic E-state index is 5.98. The Kier molecular flexibility index (Phi) is 3.41. The van der Waals surface area contributed by atoms with Gasteiger partial charge in [-0.1, -0.05) is 0 Å². The van der Waals surface area contributed by atoms with Gasteiger partial charge in [0.05, 0.1) is 28.5 Å². The number of nitrogens with zero attached hydrogens (tertiary/aromatic N) is 3. The van der Waals surface area contributed by atoms with Crippen LogP contribution in [0.15, 0.2) is 17.8 Å². The zero-order chi connectivity index (χ0) is 14.1. The van der Waals surface area contributed by atoms with Crippen LogP contribution < -0.4 is 11.1 Å². The summed E-state index contributed by atoms with van der Waals surface area (Å²) in [7, 11) is 0. The lowest BCUT2D eigenvalue weighted by atomic mass is 10.2. The summed E-state index contributed by atoms with van der Waals surface area (Å²) in [5.41, 5.74) is 8.82. The van der Waals surface area contributed by atoms with Gasteiger partial charge in [-0.05, 0) is 25.4 Å². The Morgan fingerprint density at radius 3 is 2.95 bits per heavy atom. The Bertz CT molecular complexity index is 699. The smallest absolute Gasteiger partial charge is 0.148 e. The minimum Gasteiger partial charge on any atom is -0.382 e. The summed E-state index contributed by atoms with van der Waals surface area (Å²) in [5.74, 6) is 0.516. The summed E-state index contributed by atoms with van der Waals surface area (Å²) in [4.78, 5) is 4.49. The Morgan fingerprint density at radius 2 is 2.30 bits per heavy atom. The summed E-state index contributed by atoms with van der Waals surface area (Å²) in [6, 6.07) is 0.118. The largest absolute Gasteiger partial charge is 0.382 e. The van der Waals surface area contributed by atoms with E-state index >= 15 is 0 Å². The van der Waals surface area contributed by atoms with Gasteiger partial charge in [0, 0.05) is 17.1 Å². The van der Waals surface area contributed by atoms with Gasteiger partial charge in [0.25, 0.3) is 0 Å². The normalized spacial score (nSPS) is 12.5. The first-order valence-electron chi connectivity index (χ1n) is 6.08. The Hall–Kier alpha value is -1.93. The first-order chi connectivity index (χ1) is 9.65. The van der Waals surface area contributed by atoms with E-state index in [0.717, 1.165) is 26.8 Å². The summed E-state index contributed by atoms with van der Waals surface area (Å²) in [5, 5.41) is 14.1. The number of aromatic amines is 1. The molecule has 0 spiro atoms. The van der Waals surface area contributed by atoms with Crippen LogP contribution in [0.5, 0.6) is 0 Å². The third-order valence-electron chi connectivity index (χ3n) is 2.96. The van der Waals surface area contributed by atoms with Gasteiger partial charge in [0.1, 0.15) is 10.8 Å². The van der Waals surface area contributed by atoms with Crippen LogP contribution in [0.2, 0.25) is 0 Å². The Labute approximate surface area is 124 Å². The van der Waals surface area contributed by atoms with Gasteiger partial charge >= 0.3 is 0 Å². The van der Waals surface area contributed by atoms with Crippen LogP contribution in [0.25, 0.3) is 11.3 Å². The number of hydrogen-bond acceptors (Lipinski definition) is 7. The number of hydrogen-bond donors (Lipinski definition) is 3. The standard InChI is InChI=1S/C12H14N6S2/c1-6(8-3-14-15-4-8)16-12-10(11(13)18-20-12)9-5-19-7(2)17-9/h3-6,16H,1-2H3,(H2,13,18)(H,14,15). The van der Waals surface area contributed by atoms with Gasteiger partial charge in [-0.3, -0.25) is 5.10 Å². The van der Waals surface area contributed by atoms with Crippen molar-refractivity contribution < 1.29 is 0 Å². The predicted molar refractivity (Wildman–Crippen MR) is 83.0 cm³/mol. The summed E-state index contributed by atoms with van der Waals surface area (Å²) >= 11 is 2.96. The van der Waals surface area contributed by atoms with Gasteiger partial charge in [-0.2, -0.15) is 9.47 Å². The van der Waals surface area contributed by atoms with E-state index in [-0.39, 0.29) is 6.04 Å². The number of anilines is 2. The number of rotatable bonds is 4. The first-order valence-corrected chi connectivity index (χ1v) is 7.73. The molecule has 0 aromatic carbocycles. The van der Waals surface area contributed by atoms with E-state index in [4.69, 9.17) is 5.73 Å². The van der Waals surface area contributed by atoms with Gasteiger partial charge in [0.15, 0.2) is 0 Å². The summed E-state index contributed by atoms with van der Waals surface area (Å²) in [6.07, 6.45) is 3.67. The van der Waals surface area contributed by atoms with Crippen LogP contribution in [-0.2, 0) is 0 Å². The number of H-pyrrole nitrogens is 1. The van der Waals surface area contributed by atoms with E-state index in [9.17, 15) is 0 Å². The molecule has 104 valence electrons. The van der Waals surface area contributed by atoms with Crippen molar-refractivity contribution in [2.24, 2.45) is 0 Å². The molecule has 0 aliphatic heterocycles. The second kappa shape index (κ2) is 5.22. The lowest BCUT2D eigenvalue weighted by Gasteiger charge is -2.12. The van der Waals surface area contributed by atoms with E-state index < -0.39 is 0 Å². The molecular weight excluding hydrogens is 292 g/mol. The fourth-order valence-electron chi connectivity index (χ4n) is 1.90. The molecule has 6 nitrogen and oxygen atoms in total. The molecule has 3 aromatic heterocycles.